The molecule has 8 heteroatoms. The van der Waals surface area contributed by atoms with Crippen LogP contribution in [0.2, 0.25) is 0 Å². The quantitative estimate of drug-likeness (QED) is 0.404. The zero-order chi connectivity index (χ0) is 24.9. The molecule has 1 saturated carbocycles. The second kappa shape index (κ2) is 9.33. The van der Waals surface area contributed by atoms with Crippen molar-refractivity contribution in [3.63, 3.8) is 0 Å². The monoisotopic (exact) mass is 607 g/mol. The summed E-state index contributed by atoms with van der Waals surface area (Å²) in [6.45, 7) is 3.15. The fourth-order valence-electron chi connectivity index (χ4n) is 5.90. The maximum absolute atomic E-state index is 13.8. The average Bonchev–Trinajstić information content (AvgIpc) is 3.62. The molecule has 192 valence electrons. The Morgan fingerprint density at radius 2 is 1.61 bits per heavy atom. The van der Waals surface area contributed by atoms with Gasteiger partial charge < -0.3 is 19.9 Å². The van der Waals surface area contributed by atoms with E-state index >= 15 is 0 Å². The molecular formula is C28H32F2IN3O2. The van der Waals surface area contributed by atoms with Crippen molar-refractivity contribution in [1.82, 2.24) is 0 Å². The van der Waals surface area contributed by atoms with E-state index in [4.69, 9.17) is 4.74 Å². The van der Waals surface area contributed by atoms with Crippen molar-refractivity contribution in [2.45, 2.75) is 57.3 Å². The molecule has 1 aliphatic carbocycles. The van der Waals surface area contributed by atoms with Gasteiger partial charge in [-0.15, -0.1) is 0 Å². The van der Waals surface area contributed by atoms with Crippen LogP contribution in [0.25, 0.3) is 0 Å². The summed E-state index contributed by atoms with van der Waals surface area (Å²) >= 11 is 2.31. The number of nitrogens with zero attached hydrogens (tertiary/aromatic N) is 2. The fraction of sp³-hybridized carbons (Fsp3) is 0.536. The zero-order valence-corrected chi connectivity index (χ0v) is 22.6. The smallest absolute Gasteiger partial charge is 0.257 e. The van der Waals surface area contributed by atoms with E-state index in [1.54, 1.807) is 0 Å². The number of hydrogen-bond donors (Lipinski definition) is 1. The Morgan fingerprint density at radius 3 is 2.33 bits per heavy atom. The van der Waals surface area contributed by atoms with E-state index in [-0.39, 0.29) is 31.8 Å². The van der Waals surface area contributed by atoms with Gasteiger partial charge in [0.1, 0.15) is 5.75 Å². The predicted octanol–water partition coefficient (Wildman–Crippen LogP) is 6.48. The summed E-state index contributed by atoms with van der Waals surface area (Å²) in [6.07, 6.45) is 6.51. The van der Waals surface area contributed by atoms with Gasteiger partial charge in [-0.3, -0.25) is 4.79 Å². The maximum Gasteiger partial charge on any atom is 0.257 e. The van der Waals surface area contributed by atoms with Gasteiger partial charge in [-0.2, -0.15) is 0 Å². The summed E-state index contributed by atoms with van der Waals surface area (Å²) in [7, 11) is 0. The van der Waals surface area contributed by atoms with Crippen molar-refractivity contribution in [2.75, 3.05) is 47.9 Å². The van der Waals surface area contributed by atoms with Gasteiger partial charge in [-0.1, -0.05) is 0 Å². The molecule has 5 nitrogen and oxygen atoms in total. The summed E-state index contributed by atoms with van der Waals surface area (Å²) in [5.74, 6) is -1.97. The molecule has 2 aromatic carbocycles. The molecule has 2 saturated heterocycles. The van der Waals surface area contributed by atoms with Crippen molar-refractivity contribution in [2.24, 2.45) is 5.41 Å². The third-order valence-corrected chi connectivity index (χ3v) is 9.07. The number of benzene rings is 2. The number of rotatable bonds is 4. The van der Waals surface area contributed by atoms with Crippen molar-refractivity contribution < 1.29 is 18.3 Å². The highest BCUT2D eigenvalue weighted by molar-refractivity contribution is 14.1. The minimum atomic E-state index is -2.61. The lowest BCUT2D eigenvalue weighted by Gasteiger charge is -2.36. The Bertz CT molecular complexity index is 1160. The Morgan fingerprint density at radius 1 is 0.917 bits per heavy atom. The normalized spacial score (nSPS) is 22.1. The largest absolute Gasteiger partial charge is 0.491 e. The number of amides is 1. The summed E-state index contributed by atoms with van der Waals surface area (Å²) in [5.41, 5.74) is 4.77. The van der Waals surface area contributed by atoms with Crippen LogP contribution < -0.4 is 19.9 Å². The van der Waals surface area contributed by atoms with Crippen LogP contribution in [0.1, 0.15) is 60.9 Å². The molecular weight excluding hydrogens is 575 g/mol. The lowest BCUT2D eigenvalue weighted by Crippen LogP contribution is -2.39. The molecule has 0 bridgehead atoms. The van der Waals surface area contributed by atoms with E-state index in [0.717, 1.165) is 52.2 Å². The van der Waals surface area contributed by atoms with E-state index in [9.17, 15) is 13.6 Å². The highest BCUT2D eigenvalue weighted by Crippen LogP contribution is 2.54. The molecule has 4 aliphatic rings. The number of alkyl halides is 2. The molecule has 3 fully saturated rings. The maximum atomic E-state index is 13.8. The molecule has 2 aromatic rings. The van der Waals surface area contributed by atoms with Crippen LogP contribution >= 0.6 is 22.6 Å². The first kappa shape index (κ1) is 24.2. The van der Waals surface area contributed by atoms with Gasteiger partial charge >= 0.3 is 0 Å². The zero-order valence-electron chi connectivity index (χ0n) is 20.4. The number of carbonyl (C=O) groups is 1. The van der Waals surface area contributed by atoms with Crippen LogP contribution in [-0.4, -0.2) is 44.6 Å². The van der Waals surface area contributed by atoms with Gasteiger partial charge in [0, 0.05) is 48.3 Å². The molecule has 0 unspecified atom stereocenters. The van der Waals surface area contributed by atoms with Crippen LogP contribution in [0, 0.1) is 8.99 Å². The van der Waals surface area contributed by atoms with Crippen LogP contribution in [-0.2, 0) is 6.42 Å². The second-order valence-electron chi connectivity index (χ2n) is 10.9. The van der Waals surface area contributed by atoms with Gasteiger partial charge in [-0.25, -0.2) is 8.78 Å². The number of nitrogens with one attached hydrogen (secondary N) is 1. The van der Waals surface area contributed by atoms with Gasteiger partial charge in [0.05, 0.1) is 23.5 Å². The fourth-order valence-corrected chi connectivity index (χ4v) is 6.37. The lowest BCUT2D eigenvalue weighted by molar-refractivity contribution is -0.0221. The van der Waals surface area contributed by atoms with Gasteiger partial charge in [-0.05, 0) is 102 Å². The first-order valence-electron chi connectivity index (χ1n) is 13.1. The standard InChI is InChI=1S/C28H32F2IN3O2/c29-28(30)9-13-34(14-10-28)24-18-21(16-19-2-1-15-36-25(19)24)32-26(35)22-4-3-20(31)17-23(22)33-11-7-27(5-6-27)8-12-33/h3-4,16-18H,1-2,5-15H2,(H,32,35). The number of carbonyl (C=O) groups excluding carboxylic acids is 1. The Kier molecular flexibility index (Phi) is 6.29. The Balaban J connectivity index is 1.26. The van der Waals surface area contributed by atoms with E-state index in [2.05, 4.69) is 38.9 Å². The van der Waals surface area contributed by atoms with E-state index in [1.807, 2.05) is 29.2 Å². The van der Waals surface area contributed by atoms with E-state index in [0.29, 0.717) is 23.3 Å². The number of ether oxygens (including phenoxy) is 1. The number of fused-ring (bicyclic) bond motifs is 1. The SMILES string of the molecule is O=C(Nc1cc2c(c(N3CCC(F)(F)CC3)c1)OCCC2)c1ccc(I)cc1N1CCC2(CC1)CC2. The molecule has 0 radical (unpaired) electrons. The second-order valence-corrected chi connectivity index (χ2v) is 12.1. The van der Waals surface area contributed by atoms with Crippen molar-refractivity contribution >= 4 is 45.6 Å². The predicted molar refractivity (Wildman–Crippen MR) is 147 cm³/mol. The van der Waals surface area contributed by atoms with Crippen LogP contribution in [0.15, 0.2) is 30.3 Å². The highest BCUT2D eigenvalue weighted by atomic mass is 127. The molecule has 1 N–H and O–H groups in total. The minimum absolute atomic E-state index is 0.138. The van der Waals surface area contributed by atoms with Gasteiger partial charge in [0.15, 0.2) is 0 Å². The van der Waals surface area contributed by atoms with Gasteiger partial charge in [0.2, 0.25) is 0 Å². The van der Waals surface area contributed by atoms with Gasteiger partial charge in [0.25, 0.3) is 11.8 Å². The molecule has 1 spiro atoms. The molecule has 6 rings (SSSR count). The summed E-state index contributed by atoms with van der Waals surface area (Å²) in [4.78, 5) is 17.9. The van der Waals surface area contributed by atoms with Crippen molar-refractivity contribution in [3.8, 4) is 5.75 Å². The molecule has 36 heavy (non-hydrogen) atoms. The Hall–Kier alpha value is -2.10. The summed E-state index contributed by atoms with van der Waals surface area (Å²) in [6, 6.07) is 9.89. The van der Waals surface area contributed by atoms with E-state index in [1.165, 1.54) is 25.7 Å². The molecule has 3 heterocycles. The lowest BCUT2D eigenvalue weighted by atomic mass is 9.93. The molecule has 3 aliphatic heterocycles. The third kappa shape index (κ3) is 4.89. The van der Waals surface area contributed by atoms with E-state index < -0.39 is 5.92 Å². The molecule has 0 aromatic heterocycles. The van der Waals surface area contributed by atoms with Crippen LogP contribution in [0.4, 0.5) is 25.8 Å². The topological polar surface area (TPSA) is 44.8 Å². The van der Waals surface area contributed by atoms with Crippen molar-refractivity contribution in [3.05, 3.63) is 45.0 Å². The first-order chi connectivity index (χ1) is 17.3. The molecule has 0 atom stereocenters. The average molecular weight is 607 g/mol. The number of anilines is 3. The van der Waals surface area contributed by atoms with Crippen LogP contribution in [0.3, 0.4) is 0 Å². The first-order valence-corrected chi connectivity index (χ1v) is 14.2. The minimum Gasteiger partial charge on any atom is -0.491 e. The number of hydrogen-bond acceptors (Lipinski definition) is 4. The number of halogens is 3. The number of aryl methyl sites for hydroxylation is 1. The van der Waals surface area contributed by atoms with Crippen LogP contribution in [0.5, 0.6) is 5.75 Å². The number of piperidine rings is 2. The summed E-state index contributed by atoms with van der Waals surface area (Å²) < 4.78 is 34.7. The van der Waals surface area contributed by atoms with Crippen molar-refractivity contribution in [1.29, 1.82) is 0 Å². The molecule has 1 amide bonds. The Labute approximate surface area is 224 Å². The third-order valence-electron chi connectivity index (χ3n) is 8.40. The summed E-state index contributed by atoms with van der Waals surface area (Å²) in [5, 5.41) is 3.13. The highest BCUT2D eigenvalue weighted by Gasteiger charge is 2.44.